The van der Waals surface area contributed by atoms with Gasteiger partial charge in [0.1, 0.15) is 5.75 Å². The maximum atomic E-state index is 11.1. The van der Waals surface area contributed by atoms with Crippen molar-refractivity contribution in [2.24, 2.45) is 0 Å². The van der Waals surface area contributed by atoms with E-state index in [1.54, 1.807) is 6.07 Å². The molecule has 5 heteroatoms. The van der Waals surface area contributed by atoms with E-state index in [0.717, 1.165) is 10.9 Å². The fourth-order valence-electron chi connectivity index (χ4n) is 2.08. The summed E-state index contributed by atoms with van der Waals surface area (Å²) < 4.78 is 11.7. The van der Waals surface area contributed by atoms with E-state index in [2.05, 4.69) is 4.74 Å². The van der Waals surface area contributed by atoms with Gasteiger partial charge < -0.3 is 14.0 Å². The summed E-state index contributed by atoms with van der Waals surface area (Å²) >= 11 is 0. The van der Waals surface area contributed by atoms with Crippen LogP contribution in [0.2, 0.25) is 0 Å². The number of carbonyl (C=O) groups excluding carboxylic acids is 2. The highest BCUT2D eigenvalue weighted by atomic mass is 16.5. The number of fused-ring (bicyclic) bond motifs is 1. The molecule has 2 aromatic rings. The highest BCUT2D eigenvalue weighted by Gasteiger charge is 2.06. The van der Waals surface area contributed by atoms with Crippen molar-refractivity contribution in [3.8, 4) is 5.75 Å². The van der Waals surface area contributed by atoms with E-state index in [1.165, 1.54) is 14.0 Å². The molecule has 0 aliphatic heterocycles. The number of nitrogens with zero attached hydrogens (tertiary/aromatic N) is 1. The molecule has 20 heavy (non-hydrogen) atoms. The van der Waals surface area contributed by atoms with Gasteiger partial charge in [-0.25, -0.2) is 0 Å². The van der Waals surface area contributed by atoms with Crippen molar-refractivity contribution in [3.63, 3.8) is 0 Å². The number of aromatic nitrogens is 1. The second kappa shape index (κ2) is 6.23. The third-order valence-corrected chi connectivity index (χ3v) is 3.01. The van der Waals surface area contributed by atoms with Crippen LogP contribution in [0.4, 0.5) is 0 Å². The van der Waals surface area contributed by atoms with E-state index < -0.39 is 0 Å². The molecule has 0 aliphatic carbocycles. The summed E-state index contributed by atoms with van der Waals surface area (Å²) in [5.74, 6) is -0.0203. The summed E-state index contributed by atoms with van der Waals surface area (Å²) in [5, 5.41) is 1.07. The molecule has 2 rings (SSSR count). The van der Waals surface area contributed by atoms with Gasteiger partial charge in [0.15, 0.2) is 0 Å². The molecule has 106 valence electrons. The van der Waals surface area contributed by atoms with E-state index in [1.807, 2.05) is 29.0 Å². The molecular formula is C15H17NO4. The third-order valence-electron chi connectivity index (χ3n) is 3.01. The van der Waals surface area contributed by atoms with Crippen LogP contribution in [-0.2, 0) is 20.9 Å². The van der Waals surface area contributed by atoms with Gasteiger partial charge in [-0.1, -0.05) is 0 Å². The number of ether oxygens (including phenoxy) is 2. The van der Waals surface area contributed by atoms with Gasteiger partial charge in [0, 0.05) is 32.2 Å². The minimum Gasteiger partial charge on any atom is -0.469 e. The maximum absolute atomic E-state index is 11.1. The molecular weight excluding hydrogens is 258 g/mol. The van der Waals surface area contributed by atoms with Crippen LogP contribution in [0.15, 0.2) is 30.5 Å². The Hall–Kier alpha value is -2.30. The molecule has 0 spiro atoms. The molecule has 0 saturated heterocycles. The number of hydrogen-bond donors (Lipinski definition) is 0. The Kier molecular flexibility index (Phi) is 4.40. The van der Waals surface area contributed by atoms with Crippen molar-refractivity contribution in [1.82, 2.24) is 4.57 Å². The maximum Gasteiger partial charge on any atom is 0.308 e. The van der Waals surface area contributed by atoms with Crippen LogP contribution in [0.5, 0.6) is 5.75 Å². The lowest BCUT2D eigenvalue weighted by Gasteiger charge is -2.06. The standard InChI is InChI=1S/C15H17NO4/c1-11(17)20-13-6-5-12-7-9-16(14(12)10-13)8-3-4-15(18)19-2/h5-7,9-10H,3-4,8H2,1-2H3. The highest BCUT2D eigenvalue weighted by Crippen LogP contribution is 2.22. The lowest BCUT2D eigenvalue weighted by Crippen LogP contribution is -2.04. The van der Waals surface area contributed by atoms with Crippen molar-refractivity contribution in [1.29, 1.82) is 0 Å². The molecule has 5 nitrogen and oxygen atoms in total. The molecule has 0 fully saturated rings. The molecule has 0 unspecified atom stereocenters. The Bertz CT molecular complexity index is 630. The predicted octanol–water partition coefficient (Wildman–Crippen LogP) is 2.52. The number of rotatable bonds is 5. The van der Waals surface area contributed by atoms with Crippen LogP contribution < -0.4 is 4.74 Å². The number of esters is 2. The fourth-order valence-corrected chi connectivity index (χ4v) is 2.08. The summed E-state index contributed by atoms with van der Waals surface area (Å²) in [6, 6.07) is 7.49. The number of benzene rings is 1. The molecule has 0 radical (unpaired) electrons. The number of hydrogen-bond acceptors (Lipinski definition) is 4. The van der Waals surface area contributed by atoms with Crippen molar-refractivity contribution < 1.29 is 19.1 Å². The lowest BCUT2D eigenvalue weighted by molar-refractivity contribution is -0.140. The molecule has 1 aromatic carbocycles. The average Bonchev–Trinajstić information content (AvgIpc) is 2.80. The summed E-state index contributed by atoms with van der Waals surface area (Å²) in [6.07, 6.45) is 3.05. The second-order valence-corrected chi connectivity index (χ2v) is 4.50. The molecule has 1 heterocycles. The first-order valence-corrected chi connectivity index (χ1v) is 6.44. The van der Waals surface area contributed by atoms with Crippen molar-refractivity contribution in [2.75, 3.05) is 7.11 Å². The van der Waals surface area contributed by atoms with Crippen LogP contribution in [0.25, 0.3) is 10.9 Å². The molecule has 0 amide bonds. The van der Waals surface area contributed by atoms with Gasteiger partial charge in [0.05, 0.1) is 12.6 Å². The molecule has 0 bridgehead atoms. The van der Waals surface area contributed by atoms with E-state index in [9.17, 15) is 9.59 Å². The Morgan fingerprint density at radius 2 is 2.05 bits per heavy atom. The van der Waals surface area contributed by atoms with E-state index in [4.69, 9.17) is 4.74 Å². The highest BCUT2D eigenvalue weighted by molar-refractivity contribution is 5.82. The van der Waals surface area contributed by atoms with Crippen molar-refractivity contribution in [2.45, 2.75) is 26.3 Å². The normalized spacial score (nSPS) is 10.5. The minimum atomic E-state index is -0.340. The third kappa shape index (κ3) is 3.38. The van der Waals surface area contributed by atoms with Crippen molar-refractivity contribution in [3.05, 3.63) is 30.5 Å². The topological polar surface area (TPSA) is 57.5 Å². The molecule has 0 aliphatic rings. The Balaban J connectivity index is 2.12. The average molecular weight is 275 g/mol. The van der Waals surface area contributed by atoms with Crippen LogP contribution in [-0.4, -0.2) is 23.6 Å². The minimum absolute atomic E-state index is 0.206. The molecule has 0 saturated carbocycles. The first-order chi connectivity index (χ1) is 9.60. The van der Waals surface area contributed by atoms with Crippen LogP contribution in [0, 0.1) is 0 Å². The van der Waals surface area contributed by atoms with Gasteiger partial charge in [-0.3, -0.25) is 9.59 Å². The van der Waals surface area contributed by atoms with Crippen LogP contribution >= 0.6 is 0 Å². The SMILES string of the molecule is COC(=O)CCCn1ccc2ccc(OC(C)=O)cc21. The zero-order chi connectivity index (χ0) is 14.5. The van der Waals surface area contributed by atoms with Gasteiger partial charge in [-0.05, 0) is 30.0 Å². The summed E-state index contributed by atoms with van der Waals surface area (Å²) in [5.41, 5.74) is 0.980. The monoisotopic (exact) mass is 275 g/mol. The molecule has 1 aromatic heterocycles. The summed E-state index contributed by atoms with van der Waals surface area (Å²) in [6.45, 7) is 2.09. The predicted molar refractivity (Wildman–Crippen MR) is 74.5 cm³/mol. The van der Waals surface area contributed by atoms with Gasteiger partial charge in [-0.2, -0.15) is 0 Å². The van der Waals surface area contributed by atoms with Crippen LogP contribution in [0.1, 0.15) is 19.8 Å². The molecule has 0 N–H and O–H groups in total. The quantitative estimate of drug-likeness (QED) is 0.621. The smallest absolute Gasteiger partial charge is 0.308 e. The van der Waals surface area contributed by atoms with Gasteiger partial charge in [0.25, 0.3) is 0 Å². The van der Waals surface area contributed by atoms with Crippen LogP contribution in [0.3, 0.4) is 0 Å². The number of aryl methyl sites for hydroxylation is 1. The fraction of sp³-hybridized carbons (Fsp3) is 0.333. The summed E-state index contributed by atoms with van der Waals surface area (Å²) in [4.78, 5) is 22.1. The summed E-state index contributed by atoms with van der Waals surface area (Å²) in [7, 11) is 1.39. The van der Waals surface area contributed by atoms with Gasteiger partial charge in [0.2, 0.25) is 0 Å². The Morgan fingerprint density at radius 1 is 1.25 bits per heavy atom. The largest absolute Gasteiger partial charge is 0.469 e. The Labute approximate surface area is 117 Å². The zero-order valence-electron chi connectivity index (χ0n) is 11.6. The molecule has 0 atom stereocenters. The number of carbonyl (C=O) groups is 2. The van der Waals surface area contributed by atoms with Crippen molar-refractivity contribution >= 4 is 22.8 Å². The van der Waals surface area contributed by atoms with Gasteiger partial charge >= 0.3 is 11.9 Å². The first kappa shape index (κ1) is 14.1. The van der Waals surface area contributed by atoms with Gasteiger partial charge in [-0.15, -0.1) is 0 Å². The van der Waals surface area contributed by atoms with E-state index >= 15 is 0 Å². The second-order valence-electron chi connectivity index (χ2n) is 4.50. The van der Waals surface area contributed by atoms with E-state index in [-0.39, 0.29) is 11.9 Å². The van der Waals surface area contributed by atoms with E-state index in [0.29, 0.717) is 25.1 Å². The zero-order valence-corrected chi connectivity index (χ0v) is 11.6. The Morgan fingerprint density at radius 3 is 2.75 bits per heavy atom. The number of methoxy groups -OCH3 is 1. The first-order valence-electron chi connectivity index (χ1n) is 6.44. The lowest BCUT2D eigenvalue weighted by atomic mass is 10.2.